The molecule has 37 heavy (non-hydrogen) atoms. The molecule has 2 aliphatic heterocycles. The molecule has 0 radical (unpaired) electrons. The monoisotopic (exact) mass is 522 g/mol. The molecule has 194 valence electrons. The van der Waals surface area contributed by atoms with E-state index in [1.165, 1.54) is 17.0 Å². The maximum atomic E-state index is 13.3. The van der Waals surface area contributed by atoms with Crippen molar-refractivity contribution in [3.8, 4) is 11.5 Å². The number of urea groups is 1. The van der Waals surface area contributed by atoms with Crippen molar-refractivity contribution < 1.29 is 23.1 Å². The van der Waals surface area contributed by atoms with Crippen LogP contribution >= 0.6 is 0 Å². The lowest BCUT2D eigenvalue weighted by atomic mass is 9.94. The van der Waals surface area contributed by atoms with Gasteiger partial charge in [-0.15, -0.1) is 0 Å². The van der Waals surface area contributed by atoms with Crippen LogP contribution in [0.15, 0.2) is 77.7 Å². The molecule has 5 rings (SSSR count). The fraction of sp³-hybridized carbons (Fsp3) is 0.296. The second-order valence-corrected chi connectivity index (χ2v) is 11.3. The van der Waals surface area contributed by atoms with Crippen LogP contribution in [0.5, 0.6) is 11.5 Å². The summed E-state index contributed by atoms with van der Waals surface area (Å²) < 4.78 is 35.3. The van der Waals surface area contributed by atoms with E-state index in [0.717, 1.165) is 16.9 Å². The number of anilines is 2. The van der Waals surface area contributed by atoms with Crippen molar-refractivity contribution in [3.63, 3.8) is 0 Å². The number of aliphatic hydroxyl groups excluding tert-OH is 1. The van der Waals surface area contributed by atoms with Gasteiger partial charge in [-0.05, 0) is 43.3 Å². The molecule has 9 nitrogen and oxygen atoms in total. The number of ether oxygens (including phenoxy) is 1. The number of para-hydroxylation sites is 4. The Bertz CT molecular complexity index is 1360. The molecule has 0 bridgehead atoms. The van der Waals surface area contributed by atoms with Gasteiger partial charge in [-0.1, -0.05) is 42.0 Å². The Balaban J connectivity index is 1.56. The number of benzene rings is 3. The average Bonchev–Trinajstić information content (AvgIpc) is 2.88. The van der Waals surface area contributed by atoms with Crippen LogP contribution in [-0.4, -0.2) is 74.7 Å². The lowest BCUT2D eigenvalue weighted by molar-refractivity contribution is 0.0452. The van der Waals surface area contributed by atoms with Gasteiger partial charge in [0.05, 0.1) is 34.5 Å². The van der Waals surface area contributed by atoms with Gasteiger partial charge < -0.3 is 24.5 Å². The minimum atomic E-state index is -3.96. The minimum absolute atomic E-state index is 0.0212. The van der Waals surface area contributed by atoms with E-state index >= 15 is 0 Å². The molecule has 0 aromatic heterocycles. The summed E-state index contributed by atoms with van der Waals surface area (Å²) in [5.74, 6) is 1.22. The maximum Gasteiger partial charge on any atom is 0.319 e. The van der Waals surface area contributed by atoms with Crippen molar-refractivity contribution in [3.05, 3.63) is 78.4 Å². The van der Waals surface area contributed by atoms with Crippen LogP contribution in [0.4, 0.5) is 16.2 Å². The fourth-order valence-electron chi connectivity index (χ4n) is 4.88. The molecule has 2 N–H and O–H groups in total. The number of fused-ring (bicyclic) bond motifs is 2. The predicted octanol–water partition coefficient (Wildman–Crippen LogP) is 3.31. The van der Waals surface area contributed by atoms with E-state index in [0.29, 0.717) is 11.5 Å². The number of likely N-dealkylation sites (tertiary alicyclic amines) is 1. The van der Waals surface area contributed by atoms with Gasteiger partial charge in [-0.25, -0.2) is 17.9 Å². The largest absolute Gasteiger partial charge is 0.453 e. The topological polar surface area (TPSA) is 102 Å². The van der Waals surface area contributed by atoms with Crippen LogP contribution in [0.1, 0.15) is 5.56 Å². The molecular weight excluding hydrogens is 492 g/mol. The maximum absolute atomic E-state index is 13.3. The number of hydrogen-bond donors (Lipinski definition) is 2. The Morgan fingerprint density at radius 2 is 1.51 bits per heavy atom. The molecule has 10 heteroatoms. The smallest absolute Gasteiger partial charge is 0.319 e. The molecule has 3 aromatic carbocycles. The molecule has 0 saturated carbocycles. The van der Waals surface area contributed by atoms with Crippen LogP contribution in [0, 0.1) is 6.92 Å². The summed E-state index contributed by atoms with van der Waals surface area (Å²) in [6.45, 7) is 2.08. The molecule has 2 amide bonds. The number of carbonyl (C=O) groups is 1. The standard InChI is InChI=1S/C27H30N4O5S/c1-18-12-14-19(15-13-18)37(34,35)28-20-16-30(27(33)29(2)3)17-23(26(20)32)31-21-8-4-6-10-24(21)36-25-11-7-5-9-22(25)31/h4-15,20,23,26,28,32H,16-17H2,1-3H3/t20-,23+,26+/m1/s1. The van der Waals surface area contributed by atoms with Gasteiger partial charge in [0.1, 0.15) is 0 Å². The Labute approximate surface area is 216 Å². The summed E-state index contributed by atoms with van der Waals surface area (Å²) in [5, 5.41) is 11.7. The van der Waals surface area contributed by atoms with Gasteiger partial charge in [0.2, 0.25) is 10.0 Å². The molecule has 2 aliphatic rings. The van der Waals surface area contributed by atoms with Gasteiger partial charge >= 0.3 is 6.03 Å². The van der Waals surface area contributed by atoms with Crippen molar-refractivity contribution in [2.24, 2.45) is 0 Å². The summed E-state index contributed by atoms with van der Waals surface area (Å²) in [6.07, 6.45) is -1.13. The van der Waals surface area contributed by atoms with Crippen LogP contribution in [0.2, 0.25) is 0 Å². The van der Waals surface area contributed by atoms with E-state index in [9.17, 15) is 18.3 Å². The molecule has 0 spiro atoms. The van der Waals surface area contributed by atoms with E-state index in [4.69, 9.17) is 4.74 Å². The summed E-state index contributed by atoms with van der Waals surface area (Å²) in [7, 11) is -0.667. The van der Waals surface area contributed by atoms with Gasteiger partial charge in [-0.2, -0.15) is 0 Å². The molecule has 2 heterocycles. The number of carbonyl (C=O) groups excluding carboxylic acids is 1. The Kier molecular flexibility index (Phi) is 6.57. The average molecular weight is 523 g/mol. The third-order valence-electron chi connectivity index (χ3n) is 6.72. The van der Waals surface area contributed by atoms with Crippen LogP contribution in [0.25, 0.3) is 0 Å². The summed E-state index contributed by atoms with van der Waals surface area (Å²) in [5.41, 5.74) is 2.39. The number of rotatable bonds is 4. The van der Waals surface area contributed by atoms with Crippen molar-refractivity contribution in [2.75, 3.05) is 32.1 Å². The molecule has 1 fully saturated rings. The highest BCUT2D eigenvalue weighted by atomic mass is 32.2. The first kappa shape index (κ1) is 25.1. The third-order valence-corrected chi connectivity index (χ3v) is 8.23. The quantitative estimate of drug-likeness (QED) is 0.545. The minimum Gasteiger partial charge on any atom is -0.453 e. The van der Waals surface area contributed by atoms with Crippen molar-refractivity contribution in [1.29, 1.82) is 0 Å². The first-order valence-electron chi connectivity index (χ1n) is 12.0. The highest BCUT2D eigenvalue weighted by Gasteiger charge is 2.45. The molecule has 0 aliphatic carbocycles. The number of sulfonamides is 1. The first-order valence-corrected chi connectivity index (χ1v) is 13.5. The predicted molar refractivity (Wildman–Crippen MR) is 141 cm³/mol. The van der Waals surface area contributed by atoms with E-state index in [2.05, 4.69) is 4.72 Å². The highest BCUT2D eigenvalue weighted by molar-refractivity contribution is 7.89. The molecule has 3 aromatic rings. The highest BCUT2D eigenvalue weighted by Crippen LogP contribution is 2.48. The number of nitrogens with zero attached hydrogens (tertiary/aromatic N) is 3. The zero-order valence-corrected chi connectivity index (χ0v) is 21.7. The lowest BCUT2D eigenvalue weighted by Crippen LogP contribution is -2.66. The molecule has 0 unspecified atom stereocenters. The molecule has 3 atom stereocenters. The Morgan fingerprint density at radius 1 is 0.946 bits per heavy atom. The lowest BCUT2D eigenvalue weighted by Gasteiger charge is -2.48. The summed E-state index contributed by atoms with van der Waals surface area (Å²) >= 11 is 0. The number of hydrogen-bond acceptors (Lipinski definition) is 6. The van der Waals surface area contributed by atoms with Crippen molar-refractivity contribution in [2.45, 2.75) is 30.0 Å². The number of piperidine rings is 1. The van der Waals surface area contributed by atoms with E-state index in [1.54, 1.807) is 31.1 Å². The number of nitrogens with one attached hydrogen (secondary N) is 1. The third kappa shape index (κ3) is 4.75. The number of aryl methyl sites for hydroxylation is 1. The Morgan fingerprint density at radius 3 is 2.08 bits per heavy atom. The number of amides is 2. The number of aliphatic hydroxyl groups is 1. The van der Waals surface area contributed by atoms with Crippen LogP contribution < -0.4 is 14.4 Å². The van der Waals surface area contributed by atoms with Crippen molar-refractivity contribution >= 4 is 27.4 Å². The van der Waals surface area contributed by atoms with Gasteiger partial charge in [0, 0.05) is 27.2 Å². The zero-order chi connectivity index (χ0) is 26.3. The SMILES string of the molecule is Cc1ccc(S(=O)(=O)N[C@@H]2CN(C(=O)N(C)C)C[C@H](N3c4ccccc4Oc4ccccc43)[C@H]2O)cc1. The zero-order valence-electron chi connectivity index (χ0n) is 20.9. The second kappa shape index (κ2) is 9.70. The van der Waals surface area contributed by atoms with E-state index < -0.39 is 28.2 Å². The van der Waals surface area contributed by atoms with Crippen LogP contribution in [-0.2, 0) is 10.0 Å². The van der Waals surface area contributed by atoms with E-state index in [1.807, 2.05) is 60.4 Å². The second-order valence-electron chi connectivity index (χ2n) is 9.59. The first-order chi connectivity index (χ1) is 17.7. The van der Waals surface area contributed by atoms with Gasteiger partial charge in [-0.3, -0.25) is 0 Å². The summed E-state index contributed by atoms with van der Waals surface area (Å²) in [4.78, 5) is 18.2. The Hall–Kier alpha value is -3.60. The fourth-order valence-corrected chi connectivity index (χ4v) is 6.12. The summed E-state index contributed by atoms with van der Waals surface area (Å²) in [6, 6.07) is 19.5. The van der Waals surface area contributed by atoms with E-state index in [-0.39, 0.29) is 24.0 Å². The normalized spacial score (nSPS) is 21.0. The van der Waals surface area contributed by atoms with Gasteiger partial charge in [0.25, 0.3) is 0 Å². The molecule has 1 saturated heterocycles. The van der Waals surface area contributed by atoms with Crippen LogP contribution in [0.3, 0.4) is 0 Å². The van der Waals surface area contributed by atoms with Crippen molar-refractivity contribution in [1.82, 2.24) is 14.5 Å². The van der Waals surface area contributed by atoms with Gasteiger partial charge in [0.15, 0.2) is 11.5 Å². The molecular formula is C27H30N4O5S.